The maximum Gasteiger partial charge on any atom is 0.251 e. The van der Waals surface area contributed by atoms with Crippen molar-refractivity contribution in [2.24, 2.45) is 0 Å². The van der Waals surface area contributed by atoms with Gasteiger partial charge in [-0.05, 0) is 54.8 Å². The molecule has 1 amide bonds. The van der Waals surface area contributed by atoms with Crippen molar-refractivity contribution >= 4 is 23.4 Å². The third-order valence-corrected chi connectivity index (χ3v) is 5.96. The van der Waals surface area contributed by atoms with Crippen LogP contribution < -0.4 is 15.5 Å². The summed E-state index contributed by atoms with van der Waals surface area (Å²) in [7, 11) is 0. The van der Waals surface area contributed by atoms with Crippen molar-refractivity contribution in [3.63, 3.8) is 0 Å². The van der Waals surface area contributed by atoms with Crippen LogP contribution in [0.1, 0.15) is 30.5 Å². The summed E-state index contributed by atoms with van der Waals surface area (Å²) in [5.74, 6) is 0.863. The number of carbonyl (C=O) groups excluding carboxylic acids is 1. The smallest absolute Gasteiger partial charge is 0.251 e. The van der Waals surface area contributed by atoms with Crippen LogP contribution in [0.3, 0.4) is 0 Å². The van der Waals surface area contributed by atoms with Gasteiger partial charge in [-0.2, -0.15) is 4.98 Å². The lowest BCUT2D eigenvalue weighted by atomic mass is 10.1. The molecule has 168 valence electrons. The topological polar surface area (TPSA) is 73.4 Å². The SMILES string of the molecule is C[C@H](Nc1nccc(N2CCCN3C(=O)C=C(c4ccc(F)cc4)NC32)n1)c1ccccc1. The Morgan fingerprint density at radius 2 is 1.82 bits per heavy atom. The van der Waals surface area contributed by atoms with Gasteiger partial charge in [0.05, 0.1) is 6.04 Å². The van der Waals surface area contributed by atoms with E-state index in [2.05, 4.69) is 39.6 Å². The standard InChI is InChI=1S/C25H25FN6O/c1-17(18-6-3-2-4-7-18)28-24-27-13-12-22(30-24)31-14-5-15-32-23(33)16-21(29-25(31)32)19-8-10-20(26)11-9-19/h2-4,6-13,16-17,25,29H,5,14-15H2,1H3,(H,27,28,30)/t17-,25?/m0/s1. The van der Waals surface area contributed by atoms with Crippen LogP contribution in [0.15, 0.2) is 72.9 Å². The molecule has 1 aromatic heterocycles. The van der Waals surface area contributed by atoms with Crippen LogP contribution >= 0.6 is 0 Å². The highest BCUT2D eigenvalue weighted by atomic mass is 19.1. The van der Waals surface area contributed by atoms with Gasteiger partial charge in [-0.15, -0.1) is 0 Å². The molecule has 2 aliphatic rings. The highest BCUT2D eigenvalue weighted by Gasteiger charge is 2.36. The molecule has 2 N–H and O–H groups in total. The van der Waals surface area contributed by atoms with Crippen molar-refractivity contribution in [2.75, 3.05) is 23.3 Å². The van der Waals surface area contributed by atoms with Crippen LogP contribution in [-0.4, -0.2) is 40.2 Å². The first-order valence-electron chi connectivity index (χ1n) is 11.0. The fourth-order valence-electron chi connectivity index (χ4n) is 4.23. The molecule has 5 rings (SSSR count). The fourth-order valence-corrected chi connectivity index (χ4v) is 4.23. The lowest BCUT2D eigenvalue weighted by Crippen LogP contribution is -2.64. The molecule has 1 fully saturated rings. The second kappa shape index (κ2) is 8.90. The van der Waals surface area contributed by atoms with Crippen LogP contribution in [0.25, 0.3) is 5.70 Å². The number of hydrogen-bond donors (Lipinski definition) is 2. The van der Waals surface area contributed by atoms with Gasteiger partial charge in [0.1, 0.15) is 11.6 Å². The number of anilines is 2. The van der Waals surface area contributed by atoms with E-state index in [9.17, 15) is 9.18 Å². The molecule has 2 atom stereocenters. The average molecular weight is 445 g/mol. The van der Waals surface area contributed by atoms with Gasteiger partial charge in [-0.1, -0.05) is 30.3 Å². The van der Waals surface area contributed by atoms with E-state index >= 15 is 0 Å². The molecule has 0 aliphatic carbocycles. The third-order valence-electron chi connectivity index (χ3n) is 5.96. The number of halogens is 1. The number of rotatable bonds is 5. The fraction of sp³-hybridized carbons (Fsp3) is 0.240. The first kappa shape index (κ1) is 20.9. The van der Waals surface area contributed by atoms with Crippen LogP contribution in [0, 0.1) is 5.82 Å². The molecular weight excluding hydrogens is 419 g/mol. The molecule has 0 radical (unpaired) electrons. The number of benzene rings is 2. The molecule has 0 bridgehead atoms. The number of nitrogens with one attached hydrogen (secondary N) is 2. The van der Waals surface area contributed by atoms with Gasteiger partial charge in [-0.3, -0.25) is 4.79 Å². The van der Waals surface area contributed by atoms with E-state index in [0.717, 1.165) is 29.9 Å². The van der Waals surface area contributed by atoms with Gasteiger partial charge < -0.3 is 20.4 Å². The van der Waals surface area contributed by atoms with Crippen molar-refractivity contribution in [3.8, 4) is 0 Å². The first-order chi connectivity index (χ1) is 16.1. The molecule has 33 heavy (non-hydrogen) atoms. The summed E-state index contributed by atoms with van der Waals surface area (Å²) in [4.78, 5) is 25.9. The largest absolute Gasteiger partial charge is 0.348 e. The monoisotopic (exact) mass is 444 g/mol. The predicted octanol–water partition coefficient (Wildman–Crippen LogP) is 3.76. The minimum Gasteiger partial charge on any atom is -0.348 e. The van der Waals surface area contributed by atoms with E-state index < -0.39 is 0 Å². The quantitative estimate of drug-likeness (QED) is 0.624. The Hall–Kier alpha value is -3.94. The summed E-state index contributed by atoms with van der Waals surface area (Å²) in [5, 5.41) is 6.81. The van der Waals surface area contributed by atoms with Gasteiger partial charge >= 0.3 is 0 Å². The highest BCUT2D eigenvalue weighted by Crippen LogP contribution is 2.27. The molecule has 0 saturated carbocycles. The van der Waals surface area contributed by atoms with Crippen molar-refractivity contribution in [1.82, 2.24) is 20.2 Å². The summed E-state index contributed by atoms with van der Waals surface area (Å²) < 4.78 is 13.4. The summed E-state index contributed by atoms with van der Waals surface area (Å²) >= 11 is 0. The molecule has 8 heteroatoms. The van der Waals surface area contributed by atoms with Crippen molar-refractivity contribution in [2.45, 2.75) is 25.7 Å². The lowest BCUT2D eigenvalue weighted by Gasteiger charge is -2.46. The predicted molar refractivity (Wildman–Crippen MR) is 125 cm³/mol. The Labute approximate surface area is 192 Å². The molecule has 7 nitrogen and oxygen atoms in total. The minimum atomic E-state index is -0.384. The zero-order valence-electron chi connectivity index (χ0n) is 18.3. The lowest BCUT2D eigenvalue weighted by molar-refractivity contribution is -0.130. The maximum atomic E-state index is 13.4. The van der Waals surface area contributed by atoms with Gasteiger partial charge in [-0.25, -0.2) is 9.37 Å². The highest BCUT2D eigenvalue weighted by molar-refractivity contribution is 5.97. The zero-order chi connectivity index (χ0) is 22.8. The van der Waals surface area contributed by atoms with Crippen molar-refractivity contribution < 1.29 is 9.18 Å². The Morgan fingerprint density at radius 1 is 1.06 bits per heavy atom. The van der Waals surface area contributed by atoms with Gasteiger partial charge in [0.25, 0.3) is 5.91 Å². The number of carbonyl (C=O) groups is 1. The van der Waals surface area contributed by atoms with Crippen molar-refractivity contribution in [3.05, 3.63) is 89.9 Å². The summed E-state index contributed by atoms with van der Waals surface area (Å²) in [6.07, 6.45) is 3.74. The summed E-state index contributed by atoms with van der Waals surface area (Å²) in [6.45, 7) is 3.46. The first-order valence-corrected chi connectivity index (χ1v) is 11.0. The molecule has 2 aromatic carbocycles. The molecule has 1 saturated heterocycles. The Bertz CT molecular complexity index is 1170. The van der Waals surface area contributed by atoms with Gasteiger partial charge in [0, 0.05) is 31.1 Å². The number of aromatic nitrogens is 2. The molecule has 3 aromatic rings. The van der Waals surface area contributed by atoms with Crippen LogP contribution in [0.5, 0.6) is 0 Å². The Kier molecular flexibility index (Phi) is 5.64. The molecule has 0 spiro atoms. The number of nitrogens with zero attached hydrogens (tertiary/aromatic N) is 4. The molecule has 1 unspecified atom stereocenters. The van der Waals surface area contributed by atoms with Gasteiger partial charge in [0.15, 0.2) is 6.29 Å². The summed E-state index contributed by atoms with van der Waals surface area (Å²) in [5.41, 5.74) is 2.57. The van der Waals surface area contributed by atoms with E-state index in [-0.39, 0.29) is 24.1 Å². The number of hydrogen-bond acceptors (Lipinski definition) is 6. The number of amides is 1. The maximum absolute atomic E-state index is 13.4. The Balaban J connectivity index is 1.39. The molecule has 2 aliphatic heterocycles. The van der Waals surface area contributed by atoms with Gasteiger partial charge in [0.2, 0.25) is 5.95 Å². The second-order valence-corrected chi connectivity index (χ2v) is 8.18. The second-order valence-electron chi connectivity index (χ2n) is 8.18. The molecule has 3 heterocycles. The number of fused-ring (bicyclic) bond motifs is 1. The average Bonchev–Trinajstić information content (AvgIpc) is 2.85. The van der Waals surface area contributed by atoms with Crippen LogP contribution in [-0.2, 0) is 4.79 Å². The van der Waals surface area contributed by atoms with E-state index in [1.54, 1.807) is 29.3 Å². The third kappa shape index (κ3) is 4.37. The van der Waals surface area contributed by atoms with E-state index in [1.807, 2.05) is 24.3 Å². The molecular formula is C25H25FN6O. The minimum absolute atomic E-state index is 0.0432. The van der Waals surface area contributed by atoms with Crippen molar-refractivity contribution in [1.29, 1.82) is 0 Å². The zero-order valence-corrected chi connectivity index (χ0v) is 18.3. The Morgan fingerprint density at radius 3 is 2.61 bits per heavy atom. The van der Waals surface area contributed by atoms with Crippen LogP contribution in [0.4, 0.5) is 16.2 Å². The van der Waals surface area contributed by atoms with E-state index in [1.165, 1.54) is 12.1 Å². The van der Waals surface area contributed by atoms with Crippen LogP contribution in [0.2, 0.25) is 0 Å². The van der Waals surface area contributed by atoms with E-state index in [0.29, 0.717) is 18.2 Å². The summed E-state index contributed by atoms with van der Waals surface area (Å²) in [6, 6.07) is 18.1. The normalized spacial score (nSPS) is 18.8. The van der Waals surface area contributed by atoms with E-state index in [4.69, 9.17) is 4.98 Å².